The first-order chi connectivity index (χ1) is 12.5. The summed E-state index contributed by atoms with van der Waals surface area (Å²) >= 11 is 7.02. The van der Waals surface area contributed by atoms with Crippen molar-refractivity contribution in [3.63, 3.8) is 0 Å². The monoisotopic (exact) mass is 472 g/mol. The van der Waals surface area contributed by atoms with E-state index in [0.717, 1.165) is 20.1 Å². The lowest BCUT2D eigenvalue weighted by Gasteiger charge is -2.06. The van der Waals surface area contributed by atoms with E-state index in [4.69, 9.17) is 0 Å². The second-order valence-corrected chi connectivity index (χ2v) is 7.75. The number of carbonyl (C=O) groups excluding carboxylic acids is 1. The van der Waals surface area contributed by atoms with Crippen LogP contribution in [0.5, 0.6) is 0 Å². The van der Waals surface area contributed by atoms with Gasteiger partial charge >= 0.3 is 0 Å². The number of fused-ring (bicyclic) bond motifs is 1. The summed E-state index contributed by atoms with van der Waals surface area (Å²) in [5.41, 5.74) is 5.81. The Morgan fingerprint density at radius 1 is 1.08 bits per heavy atom. The van der Waals surface area contributed by atoms with Crippen LogP contribution in [0.2, 0.25) is 0 Å². The van der Waals surface area contributed by atoms with Gasteiger partial charge in [-0.25, -0.2) is 5.43 Å². The maximum atomic E-state index is 12.1. The molecule has 0 bridgehead atoms. The molecule has 0 saturated carbocycles. The number of rotatable bonds is 5. The Labute approximate surface area is 169 Å². The minimum absolute atomic E-state index is 0.0978. The molecular formula is C21H18Br2N2O. The van der Waals surface area contributed by atoms with E-state index in [2.05, 4.69) is 66.7 Å². The van der Waals surface area contributed by atoms with Crippen molar-refractivity contribution in [2.45, 2.75) is 19.8 Å². The zero-order valence-electron chi connectivity index (χ0n) is 14.3. The number of carbonyl (C=O) groups is 1. The molecule has 1 amide bonds. The third kappa shape index (κ3) is 4.59. The van der Waals surface area contributed by atoms with Crippen molar-refractivity contribution in [3.05, 3.63) is 80.2 Å². The number of aryl methyl sites for hydroxylation is 1. The number of benzene rings is 3. The number of nitrogens with zero attached hydrogens (tertiary/aromatic N) is 1. The molecule has 0 heterocycles. The average Bonchev–Trinajstić information content (AvgIpc) is 2.64. The van der Waals surface area contributed by atoms with Crippen LogP contribution in [0.15, 0.2) is 68.6 Å². The third-order valence-corrected chi connectivity index (χ3v) is 5.85. The molecule has 0 aliphatic carbocycles. The van der Waals surface area contributed by atoms with Crippen molar-refractivity contribution < 1.29 is 4.79 Å². The molecule has 0 aliphatic heterocycles. The summed E-state index contributed by atoms with van der Waals surface area (Å²) in [6.45, 7) is 2.02. The zero-order valence-corrected chi connectivity index (χ0v) is 17.5. The molecule has 0 spiro atoms. The van der Waals surface area contributed by atoms with Gasteiger partial charge in [0.2, 0.25) is 5.91 Å². The van der Waals surface area contributed by atoms with Gasteiger partial charge in [0, 0.05) is 15.4 Å². The van der Waals surface area contributed by atoms with E-state index in [1.807, 2.05) is 37.3 Å². The standard InChI is InChI=1S/C21H18Br2N2O/c1-14-19(22)11-15(12-20(14)23)13-24-25-21(26)10-9-17-7-4-6-16-5-2-3-8-18(16)17/h2-8,11-13H,9-10H2,1H3,(H,25,26)/b24-13-. The van der Waals surface area contributed by atoms with Crippen molar-refractivity contribution in [2.24, 2.45) is 5.10 Å². The Morgan fingerprint density at radius 2 is 1.77 bits per heavy atom. The number of hydrogen-bond acceptors (Lipinski definition) is 2. The van der Waals surface area contributed by atoms with Crippen LogP contribution >= 0.6 is 31.9 Å². The Bertz CT molecular complexity index is 954. The fourth-order valence-electron chi connectivity index (χ4n) is 2.73. The van der Waals surface area contributed by atoms with Crippen LogP contribution in [0, 0.1) is 6.92 Å². The van der Waals surface area contributed by atoms with Crippen molar-refractivity contribution in [1.29, 1.82) is 0 Å². The van der Waals surface area contributed by atoms with Gasteiger partial charge in [0.05, 0.1) is 6.21 Å². The van der Waals surface area contributed by atoms with Crippen LogP contribution in [0.25, 0.3) is 10.8 Å². The molecule has 3 nitrogen and oxygen atoms in total. The topological polar surface area (TPSA) is 41.5 Å². The zero-order chi connectivity index (χ0) is 18.5. The molecular weight excluding hydrogens is 456 g/mol. The highest BCUT2D eigenvalue weighted by Crippen LogP contribution is 2.25. The SMILES string of the molecule is Cc1c(Br)cc(/C=N\NC(=O)CCc2cccc3ccccc23)cc1Br. The molecule has 0 aromatic heterocycles. The van der Waals surface area contributed by atoms with Crippen LogP contribution in [0.3, 0.4) is 0 Å². The van der Waals surface area contributed by atoms with Gasteiger partial charge in [-0.1, -0.05) is 74.3 Å². The molecule has 132 valence electrons. The highest BCUT2D eigenvalue weighted by Gasteiger charge is 2.05. The Hall–Kier alpha value is -1.98. The average molecular weight is 474 g/mol. The Balaban J connectivity index is 1.59. The fraction of sp³-hybridized carbons (Fsp3) is 0.143. The number of amides is 1. The molecule has 26 heavy (non-hydrogen) atoms. The van der Waals surface area contributed by atoms with E-state index in [1.54, 1.807) is 6.21 Å². The summed E-state index contributed by atoms with van der Waals surface area (Å²) in [6.07, 6.45) is 2.72. The van der Waals surface area contributed by atoms with E-state index in [1.165, 1.54) is 16.3 Å². The second kappa shape index (κ2) is 8.60. The van der Waals surface area contributed by atoms with Crippen molar-refractivity contribution in [1.82, 2.24) is 5.43 Å². The van der Waals surface area contributed by atoms with Crippen molar-refractivity contribution >= 4 is 54.8 Å². The van der Waals surface area contributed by atoms with Gasteiger partial charge in [0.25, 0.3) is 0 Å². The smallest absolute Gasteiger partial charge is 0.240 e. The molecule has 0 unspecified atom stereocenters. The molecule has 5 heteroatoms. The van der Waals surface area contributed by atoms with Crippen molar-refractivity contribution in [2.75, 3.05) is 0 Å². The second-order valence-electron chi connectivity index (χ2n) is 6.04. The first-order valence-electron chi connectivity index (χ1n) is 8.29. The minimum atomic E-state index is -0.0978. The molecule has 3 aromatic rings. The van der Waals surface area contributed by atoms with Crippen LogP contribution < -0.4 is 5.43 Å². The van der Waals surface area contributed by atoms with Gasteiger partial charge in [0.1, 0.15) is 0 Å². The van der Waals surface area contributed by atoms with E-state index in [0.29, 0.717) is 12.8 Å². The maximum absolute atomic E-state index is 12.1. The number of halogens is 2. The van der Waals surface area contributed by atoms with E-state index < -0.39 is 0 Å². The Morgan fingerprint density at radius 3 is 2.54 bits per heavy atom. The lowest BCUT2D eigenvalue weighted by Crippen LogP contribution is -2.18. The van der Waals surface area contributed by atoms with Gasteiger partial charge < -0.3 is 0 Å². The molecule has 3 rings (SSSR count). The highest BCUT2D eigenvalue weighted by atomic mass is 79.9. The predicted molar refractivity (Wildman–Crippen MR) is 115 cm³/mol. The summed E-state index contributed by atoms with van der Waals surface area (Å²) in [7, 11) is 0. The van der Waals surface area contributed by atoms with Gasteiger partial charge in [-0.2, -0.15) is 5.10 Å². The molecule has 0 fully saturated rings. The first-order valence-corrected chi connectivity index (χ1v) is 9.87. The summed E-state index contributed by atoms with van der Waals surface area (Å²) in [5, 5.41) is 6.45. The molecule has 3 aromatic carbocycles. The summed E-state index contributed by atoms with van der Waals surface area (Å²) < 4.78 is 1.99. The lowest BCUT2D eigenvalue weighted by atomic mass is 10.0. The summed E-state index contributed by atoms with van der Waals surface area (Å²) in [5.74, 6) is -0.0978. The largest absolute Gasteiger partial charge is 0.273 e. The van der Waals surface area contributed by atoms with Crippen LogP contribution in [-0.4, -0.2) is 12.1 Å². The van der Waals surface area contributed by atoms with Gasteiger partial charge in [-0.05, 0) is 52.9 Å². The summed E-state index contributed by atoms with van der Waals surface area (Å²) in [6, 6.07) is 18.3. The minimum Gasteiger partial charge on any atom is -0.273 e. The highest BCUT2D eigenvalue weighted by molar-refractivity contribution is 9.11. The first kappa shape index (κ1) is 18.8. The van der Waals surface area contributed by atoms with Gasteiger partial charge in [-0.15, -0.1) is 0 Å². The van der Waals surface area contributed by atoms with E-state index >= 15 is 0 Å². The van der Waals surface area contributed by atoms with Crippen LogP contribution in [-0.2, 0) is 11.2 Å². The van der Waals surface area contributed by atoms with Gasteiger partial charge in [0.15, 0.2) is 0 Å². The number of nitrogens with one attached hydrogen (secondary N) is 1. The fourth-order valence-corrected chi connectivity index (χ4v) is 3.95. The molecule has 0 atom stereocenters. The van der Waals surface area contributed by atoms with Crippen LogP contribution in [0.4, 0.5) is 0 Å². The molecule has 1 N–H and O–H groups in total. The van der Waals surface area contributed by atoms with Gasteiger partial charge in [-0.3, -0.25) is 4.79 Å². The van der Waals surface area contributed by atoms with Crippen LogP contribution in [0.1, 0.15) is 23.1 Å². The predicted octanol–water partition coefficient (Wildman–Crippen LogP) is 5.76. The van der Waals surface area contributed by atoms with Crippen molar-refractivity contribution in [3.8, 4) is 0 Å². The molecule has 0 aliphatic rings. The Kier molecular flexibility index (Phi) is 6.22. The maximum Gasteiger partial charge on any atom is 0.240 e. The van der Waals surface area contributed by atoms with E-state index in [9.17, 15) is 4.79 Å². The number of hydrogen-bond donors (Lipinski definition) is 1. The summed E-state index contributed by atoms with van der Waals surface area (Å²) in [4.78, 5) is 12.1. The normalized spacial score (nSPS) is 11.2. The molecule has 0 radical (unpaired) electrons. The van der Waals surface area contributed by atoms with E-state index in [-0.39, 0.29) is 5.91 Å². The lowest BCUT2D eigenvalue weighted by molar-refractivity contribution is -0.121. The molecule has 0 saturated heterocycles. The third-order valence-electron chi connectivity index (χ3n) is 4.21. The quantitative estimate of drug-likeness (QED) is 0.371. The number of hydrazone groups is 1.